The van der Waals surface area contributed by atoms with Crippen LogP contribution in [0.25, 0.3) is 0 Å². The van der Waals surface area contributed by atoms with Crippen LogP contribution in [0.2, 0.25) is 0 Å². The Balaban J connectivity index is 1.63. The minimum absolute atomic E-state index is 0.0321. The maximum Gasteiger partial charge on any atom is 0.338 e. The number of nitrogens with one attached hydrogen (secondary N) is 2. The molecule has 2 amide bonds. The quantitative estimate of drug-likeness (QED) is 0.382. The van der Waals surface area contributed by atoms with Gasteiger partial charge in [-0.25, -0.2) is 4.79 Å². The summed E-state index contributed by atoms with van der Waals surface area (Å²) in [5, 5.41) is 5.32. The summed E-state index contributed by atoms with van der Waals surface area (Å²) in [4.78, 5) is 47.4. The Morgan fingerprint density at radius 1 is 0.750 bits per heavy atom. The third-order valence-electron chi connectivity index (χ3n) is 4.34. The Morgan fingerprint density at radius 3 is 2.09 bits per heavy atom. The summed E-state index contributed by atoms with van der Waals surface area (Å²) in [6.07, 6.45) is 2.26. The van der Waals surface area contributed by atoms with Gasteiger partial charge in [0.2, 0.25) is 5.91 Å². The highest BCUT2D eigenvalue weighted by atomic mass is 16.5. The zero-order valence-electron chi connectivity index (χ0n) is 18.1. The molecular weight excluding hydrogens is 412 g/mol. The van der Waals surface area contributed by atoms with Gasteiger partial charge in [-0.05, 0) is 49.2 Å². The van der Waals surface area contributed by atoms with Crippen LogP contribution in [0, 0.1) is 0 Å². The minimum Gasteiger partial charge on any atom is -0.462 e. The highest BCUT2D eigenvalue weighted by molar-refractivity contribution is 5.94. The Bertz CT molecular complexity index is 896. The van der Waals surface area contributed by atoms with Crippen molar-refractivity contribution in [2.24, 2.45) is 0 Å². The molecule has 0 unspecified atom stereocenters. The van der Waals surface area contributed by atoms with Crippen LogP contribution in [0.1, 0.15) is 49.4 Å². The van der Waals surface area contributed by atoms with Crippen molar-refractivity contribution in [3.8, 4) is 0 Å². The van der Waals surface area contributed by atoms with Crippen LogP contribution in [-0.4, -0.2) is 37.0 Å². The van der Waals surface area contributed by atoms with Crippen LogP contribution in [0.4, 0.5) is 11.4 Å². The molecule has 2 N–H and O–H groups in total. The lowest BCUT2D eigenvalue weighted by Crippen LogP contribution is -2.21. The second-order valence-electron chi connectivity index (χ2n) is 7.04. The second-order valence-corrected chi connectivity index (χ2v) is 7.04. The van der Waals surface area contributed by atoms with Crippen molar-refractivity contribution in [2.45, 2.75) is 39.0 Å². The predicted molar refractivity (Wildman–Crippen MR) is 120 cm³/mol. The van der Waals surface area contributed by atoms with E-state index in [-0.39, 0.29) is 18.7 Å². The number of amides is 2. The number of benzene rings is 2. The molecule has 0 aliphatic heterocycles. The molecule has 8 nitrogen and oxygen atoms in total. The van der Waals surface area contributed by atoms with E-state index in [0.717, 1.165) is 12.8 Å². The third-order valence-corrected chi connectivity index (χ3v) is 4.34. The first kappa shape index (κ1) is 24.6. The fourth-order valence-electron chi connectivity index (χ4n) is 2.64. The topological polar surface area (TPSA) is 111 Å². The molecule has 0 saturated carbocycles. The van der Waals surface area contributed by atoms with Gasteiger partial charge in [0.25, 0.3) is 5.91 Å². The molecule has 8 heteroatoms. The van der Waals surface area contributed by atoms with Crippen molar-refractivity contribution in [1.82, 2.24) is 0 Å². The number of anilines is 2. The molecule has 2 rings (SSSR count). The number of hydrogen-bond donors (Lipinski definition) is 2. The van der Waals surface area contributed by atoms with Crippen molar-refractivity contribution in [1.29, 1.82) is 0 Å². The summed E-state index contributed by atoms with van der Waals surface area (Å²) >= 11 is 0. The van der Waals surface area contributed by atoms with E-state index >= 15 is 0 Å². The molecule has 170 valence electrons. The number of hydrogen-bond acceptors (Lipinski definition) is 6. The van der Waals surface area contributed by atoms with Gasteiger partial charge in [-0.1, -0.05) is 31.5 Å². The van der Waals surface area contributed by atoms with E-state index in [0.29, 0.717) is 30.0 Å². The van der Waals surface area contributed by atoms with Gasteiger partial charge in [0.15, 0.2) is 6.61 Å². The number of ether oxygens (including phenoxy) is 2. The van der Waals surface area contributed by atoms with Crippen LogP contribution in [0.3, 0.4) is 0 Å². The molecular formula is C24H28N2O6. The average Bonchev–Trinajstić information content (AvgIpc) is 2.79. The summed E-state index contributed by atoms with van der Waals surface area (Å²) in [6, 6.07) is 15.3. The van der Waals surface area contributed by atoms with Gasteiger partial charge in [0.05, 0.1) is 12.2 Å². The standard InChI is InChI=1S/C24H28N2O6/c1-2-3-16-31-24(30)18-12-14-20(15-13-18)26-22(28)17-32-23(29)11-7-10-21(27)25-19-8-5-4-6-9-19/h4-6,8-9,12-15H,2-3,7,10-11,16-17H2,1H3,(H,25,27)(H,26,28). The number of rotatable bonds is 12. The SMILES string of the molecule is CCCCOC(=O)c1ccc(NC(=O)COC(=O)CCCC(=O)Nc2ccccc2)cc1. The zero-order valence-corrected chi connectivity index (χ0v) is 18.1. The third kappa shape index (κ3) is 9.42. The Labute approximate surface area is 187 Å². The molecule has 0 aliphatic carbocycles. The maximum absolute atomic E-state index is 12.0. The van der Waals surface area contributed by atoms with E-state index < -0.39 is 24.5 Å². The van der Waals surface area contributed by atoms with Crippen molar-refractivity contribution in [3.63, 3.8) is 0 Å². The van der Waals surface area contributed by atoms with E-state index in [1.807, 2.05) is 25.1 Å². The van der Waals surface area contributed by atoms with Gasteiger partial charge in [-0.2, -0.15) is 0 Å². The lowest BCUT2D eigenvalue weighted by Gasteiger charge is -2.08. The molecule has 0 fully saturated rings. The summed E-state index contributed by atoms with van der Waals surface area (Å²) < 4.78 is 10.1. The fraction of sp³-hybridized carbons (Fsp3) is 0.333. The predicted octanol–water partition coefficient (Wildman–Crippen LogP) is 3.93. The molecule has 0 saturated heterocycles. The zero-order chi connectivity index (χ0) is 23.2. The molecule has 2 aromatic carbocycles. The van der Waals surface area contributed by atoms with Gasteiger partial charge in [-0.15, -0.1) is 0 Å². The van der Waals surface area contributed by atoms with Crippen LogP contribution in [0.5, 0.6) is 0 Å². The maximum atomic E-state index is 12.0. The summed E-state index contributed by atoms with van der Waals surface area (Å²) in [6.45, 7) is 1.95. The fourth-order valence-corrected chi connectivity index (χ4v) is 2.64. The van der Waals surface area contributed by atoms with E-state index in [1.165, 1.54) is 0 Å². The first-order valence-corrected chi connectivity index (χ1v) is 10.6. The van der Waals surface area contributed by atoms with Crippen LogP contribution in [0.15, 0.2) is 54.6 Å². The van der Waals surface area contributed by atoms with Crippen LogP contribution in [-0.2, 0) is 23.9 Å². The van der Waals surface area contributed by atoms with Gasteiger partial charge < -0.3 is 20.1 Å². The molecule has 0 aliphatic rings. The minimum atomic E-state index is -0.558. The summed E-state index contributed by atoms with van der Waals surface area (Å²) in [5.74, 6) is -1.67. The van der Waals surface area contributed by atoms with E-state index in [1.54, 1.807) is 36.4 Å². The Kier molecular flexibility index (Phi) is 10.4. The van der Waals surface area contributed by atoms with Gasteiger partial charge in [0, 0.05) is 24.2 Å². The van der Waals surface area contributed by atoms with Crippen LogP contribution >= 0.6 is 0 Å². The summed E-state index contributed by atoms with van der Waals surface area (Å²) in [5.41, 5.74) is 1.55. The van der Waals surface area contributed by atoms with E-state index in [2.05, 4.69) is 10.6 Å². The molecule has 2 aromatic rings. The molecule has 0 heterocycles. The number of para-hydroxylation sites is 1. The van der Waals surface area contributed by atoms with Crippen LogP contribution < -0.4 is 10.6 Å². The number of unbranched alkanes of at least 4 members (excludes halogenated alkanes) is 1. The highest BCUT2D eigenvalue weighted by Crippen LogP contribution is 2.11. The van der Waals surface area contributed by atoms with Crippen molar-refractivity contribution < 1.29 is 28.7 Å². The number of esters is 2. The first-order chi connectivity index (χ1) is 15.5. The van der Waals surface area contributed by atoms with Crippen molar-refractivity contribution in [2.75, 3.05) is 23.8 Å². The first-order valence-electron chi connectivity index (χ1n) is 10.6. The molecule has 0 aromatic heterocycles. The Morgan fingerprint density at radius 2 is 1.41 bits per heavy atom. The second kappa shape index (κ2) is 13.6. The van der Waals surface area contributed by atoms with E-state index in [9.17, 15) is 19.2 Å². The van der Waals surface area contributed by atoms with E-state index in [4.69, 9.17) is 9.47 Å². The normalized spacial score (nSPS) is 10.2. The molecule has 0 bridgehead atoms. The van der Waals surface area contributed by atoms with Gasteiger partial charge in [0.1, 0.15) is 0 Å². The number of carbonyl (C=O) groups excluding carboxylic acids is 4. The lowest BCUT2D eigenvalue weighted by molar-refractivity contribution is -0.147. The monoisotopic (exact) mass is 440 g/mol. The van der Waals surface area contributed by atoms with Gasteiger partial charge in [-0.3, -0.25) is 14.4 Å². The molecule has 0 atom stereocenters. The number of carbonyl (C=O) groups is 4. The van der Waals surface area contributed by atoms with Crippen molar-refractivity contribution in [3.05, 3.63) is 60.2 Å². The highest BCUT2D eigenvalue weighted by Gasteiger charge is 2.11. The Hall–Kier alpha value is -3.68. The molecule has 0 spiro atoms. The largest absolute Gasteiger partial charge is 0.462 e. The van der Waals surface area contributed by atoms with Gasteiger partial charge >= 0.3 is 11.9 Å². The molecule has 32 heavy (non-hydrogen) atoms. The average molecular weight is 440 g/mol. The lowest BCUT2D eigenvalue weighted by atomic mass is 10.2. The van der Waals surface area contributed by atoms with Crippen molar-refractivity contribution >= 4 is 35.1 Å². The summed E-state index contributed by atoms with van der Waals surface area (Å²) in [7, 11) is 0. The molecule has 0 radical (unpaired) electrons. The smallest absolute Gasteiger partial charge is 0.338 e.